The van der Waals surface area contributed by atoms with Crippen LogP contribution in [-0.4, -0.2) is 13.0 Å². The Bertz CT molecular complexity index is 239. The SMILES string of the molecule is C=C(C)/C=C\C(=C/CCC)CNC=O. The van der Waals surface area contributed by atoms with Gasteiger partial charge in [-0.2, -0.15) is 0 Å². The van der Waals surface area contributed by atoms with E-state index in [1.807, 2.05) is 19.1 Å². The van der Waals surface area contributed by atoms with Crippen molar-refractivity contribution in [3.05, 3.63) is 36.0 Å². The predicted molar refractivity (Wildman–Crippen MR) is 61.0 cm³/mol. The molecule has 0 fully saturated rings. The van der Waals surface area contributed by atoms with Crippen molar-refractivity contribution >= 4 is 6.41 Å². The molecule has 0 saturated carbocycles. The molecule has 0 aromatic heterocycles. The third kappa shape index (κ3) is 7.35. The quantitative estimate of drug-likeness (QED) is 0.488. The zero-order chi connectivity index (χ0) is 10.8. The van der Waals surface area contributed by atoms with E-state index in [0.717, 1.165) is 24.0 Å². The zero-order valence-electron chi connectivity index (χ0n) is 9.05. The van der Waals surface area contributed by atoms with Gasteiger partial charge in [0.25, 0.3) is 0 Å². The fourth-order valence-electron chi connectivity index (χ4n) is 0.938. The lowest BCUT2D eigenvalue weighted by atomic mass is 10.1. The van der Waals surface area contributed by atoms with Crippen LogP contribution in [0.5, 0.6) is 0 Å². The Morgan fingerprint density at radius 2 is 2.14 bits per heavy atom. The first kappa shape index (κ1) is 12.7. The molecular formula is C12H19NO. The largest absolute Gasteiger partial charge is 0.355 e. The average Bonchev–Trinajstić information content (AvgIpc) is 2.16. The van der Waals surface area contributed by atoms with E-state index in [1.54, 1.807) is 0 Å². The number of unbranched alkanes of at least 4 members (excludes halogenated alkanes) is 1. The molecule has 2 heteroatoms. The van der Waals surface area contributed by atoms with E-state index in [4.69, 9.17) is 0 Å². The van der Waals surface area contributed by atoms with Crippen molar-refractivity contribution in [2.24, 2.45) is 0 Å². The van der Waals surface area contributed by atoms with Gasteiger partial charge in [-0.05, 0) is 18.9 Å². The topological polar surface area (TPSA) is 29.1 Å². The number of allylic oxidation sites excluding steroid dienone is 3. The van der Waals surface area contributed by atoms with E-state index in [9.17, 15) is 4.79 Å². The minimum atomic E-state index is 0.591. The molecule has 2 nitrogen and oxygen atoms in total. The van der Waals surface area contributed by atoms with Crippen molar-refractivity contribution in [2.75, 3.05) is 6.54 Å². The summed E-state index contributed by atoms with van der Waals surface area (Å²) in [5.74, 6) is 0. The van der Waals surface area contributed by atoms with Crippen LogP contribution in [0.3, 0.4) is 0 Å². The standard InChI is InChI=1S/C12H19NO/c1-4-5-6-12(9-13-10-14)8-7-11(2)3/h6-8,10H,2,4-5,9H2,1,3H3,(H,13,14)/b8-7-,12-6+. The highest BCUT2D eigenvalue weighted by atomic mass is 16.1. The minimum absolute atomic E-state index is 0.591. The van der Waals surface area contributed by atoms with Gasteiger partial charge in [0.15, 0.2) is 0 Å². The van der Waals surface area contributed by atoms with Crippen LogP contribution in [-0.2, 0) is 4.79 Å². The first-order valence-corrected chi connectivity index (χ1v) is 4.90. The Morgan fingerprint density at radius 1 is 1.43 bits per heavy atom. The molecule has 0 saturated heterocycles. The molecule has 0 aromatic carbocycles. The third-order valence-electron chi connectivity index (χ3n) is 1.67. The van der Waals surface area contributed by atoms with Crippen molar-refractivity contribution in [3.8, 4) is 0 Å². The van der Waals surface area contributed by atoms with Gasteiger partial charge in [0.1, 0.15) is 0 Å². The number of nitrogens with one attached hydrogen (secondary N) is 1. The van der Waals surface area contributed by atoms with Crippen LogP contribution < -0.4 is 5.32 Å². The van der Waals surface area contributed by atoms with Gasteiger partial charge in [-0.3, -0.25) is 4.79 Å². The van der Waals surface area contributed by atoms with Gasteiger partial charge in [-0.25, -0.2) is 0 Å². The highest BCUT2D eigenvalue weighted by Crippen LogP contribution is 2.02. The van der Waals surface area contributed by atoms with Crippen LogP contribution in [0, 0.1) is 0 Å². The van der Waals surface area contributed by atoms with E-state index in [2.05, 4.69) is 24.9 Å². The number of amides is 1. The van der Waals surface area contributed by atoms with Crippen molar-refractivity contribution in [1.82, 2.24) is 5.32 Å². The molecule has 0 radical (unpaired) electrons. The molecule has 0 aliphatic carbocycles. The fraction of sp³-hybridized carbons (Fsp3) is 0.417. The Balaban J connectivity index is 4.23. The van der Waals surface area contributed by atoms with Gasteiger partial charge in [0.2, 0.25) is 6.41 Å². The molecule has 78 valence electrons. The Hall–Kier alpha value is -1.31. The number of hydrogen-bond acceptors (Lipinski definition) is 1. The van der Waals surface area contributed by atoms with Crippen LogP contribution in [0.1, 0.15) is 26.7 Å². The van der Waals surface area contributed by atoms with Gasteiger partial charge in [0.05, 0.1) is 0 Å². The van der Waals surface area contributed by atoms with E-state index in [0.29, 0.717) is 13.0 Å². The molecule has 0 aliphatic rings. The molecule has 0 atom stereocenters. The summed E-state index contributed by atoms with van der Waals surface area (Å²) in [5, 5.41) is 2.65. The number of hydrogen-bond donors (Lipinski definition) is 1. The molecule has 1 N–H and O–H groups in total. The first-order chi connectivity index (χ1) is 6.70. The van der Waals surface area contributed by atoms with Crippen LogP contribution in [0.15, 0.2) is 36.0 Å². The minimum Gasteiger partial charge on any atom is -0.355 e. The Kier molecular flexibility index (Phi) is 7.52. The predicted octanol–water partition coefficient (Wildman–Crippen LogP) is 2.59. The van der Waals surface area contributed by atoms with E-state index >= 15 is 0 Å². The van der Waals surface area contributed by atoms with Crippen LogP contribution in [0.4, 0.5) is 0 Å². The van der Waals surface area contributed by atoms with Crippen molar-refractivity contribution in [2.45, 2.75) is 26.7 Å². The zero-order valence-corrected chi connectivity index (χ0v) is 9.05. The molecule has 1 amide bonds. The molecule has 0 unspecified atom stereocenters. The van der Waals surface area contributed by atoms with Gasteiger partial charge in [-0.1, -0.05) is 43.7 Å². The van der Waals surface area contributed by atoms with Crippen LogP contribution in [0.2, 0.25) is 0 Å². The summed E-state index contributed by atoms with van der Waals surface area (Å²) in [4.78, 5) is 10.1. The summed E-state index contributed by atoms with van der Waals surface area (Å²) in [6, 6.07) is 0. The second-order valence-electron chi connectivity index (χ2n) is 3.25. The number of rotatable bonds is 7. The first-order valence-electron chi connectivity index (χ1n) is 4.90. The molecule has 0 heterocycles. The van der Waals surface area contributed by atoms with Gasteiger partial charge < -0.3 is 5.32 Å². The second-order valence-corrected chi connectivity index (χ2v) is 3.25. The maximum absolute atomic E-state index is 10.1. The van der Waals surface area contributed by atoms with Crippen LogP contribution >= 0.6 is 0 Å². The summed E-state index contributed by atoms with van der Waals surface area (Å²) in [5.41, 5.74) is 2.14. The lowest BCUT2D eigenvalue weighted by molar-refractivity contribution is -0.109. The Labute approximate surface area is 86.4 Å². The van der Waals surface area contributed by atoms with Crippen LogP contribution in [0.25, 0.3) is 0 Å². The highest BCUT2D eigenvalue weighted by Gasteiger charge is 1.90. The van der Waals surface area contributed by atoms with Crippen molar-refractivity contribution in [1.29, 1.82) is 0 Å². The summed E-state index contributed by atoms with van der Waals surface area (Å²) in [7, 11) is 0. The third-order valence-corrected chi connectivity index (χ3v) is 1.67. The number of carbonyl (C=O) groups excluding carboxylic acids is 1. The molecule has 0 rings (SSSR count). The lowest BCUT2D eigenvalue weighted by Crippen LogP contribution is -2.13. The summed E-state index contributed by atoms with van der Waals surface area (Å²) in [6.45, 7) is 8.45. The molecule has 14 heavy (non-hydrogen) atoms. The fourth-order valence-corrected chi connectivity index (χ4v) is 0.938. The second kappa shape index (κ2) is 8.30. The maximum atomic E-state index is 10.1. The molecule has 0 bridgehead atoms. The molecule has 0 spiro atoms. The highest BCUT2D eigenvalue weighted by molar-refractivity contribution is 5.47. The van der Waals surface area contributed by atoms with E-state index < -0.39 is 0 Å². The lowest BCUT2D eigenvalue weighted by Gasteiger charge is -2.00. The normalized spacial score (nSPS) is 11.7. The van der Waals surface area contributed by atoms with Gasteiger partial charge in [-0.15, -0.1) is 0 Å². The summed E-state index contributed by atoms with van der Waals surface area (Å²) < 4.78 is 0. The Morgan fingerprint density at radius 3 is 2.64 bits per heavy atom. The smallest absolute Gasteiger partial charge is 0.207 e. The van der Waals surface area contributed by atoms with E-state index in [-0.39, 0.29) is 0 Å². The average molecular weight is 193 g/mol. The number of carbonyl (C=O) groups is 1. The van der Waals surface area contributed by atoms with Gasteiger partial charge >= 0.3 is 0 Å². The maximum Gasteiger partial charge on any atom is 0.207 e. The van der Waals surface area contributed by atoms with Crippen molar-refractivity contribution < 1.29 is 4.79 Å². The molecular weight excluding hydrogens is 174 g/mol. The summed E-state index contributed by atoms with van der Waals surface area (Å²) in [6.07, 6.45) is 8.95. The van der Waals surface area contributed by atoms with E-state index in [1.165, 1.54) is 0 Å². The summed E-state index contributed by atoms with van der Waals surface area (Å²) >= 11 is 0. The monoisotopic (exact) mass is 193 g/mol. The van der Waals surface area contributed by atoms with Gasteiger partial charge in [0, 0.05) is 6.54 Å². The van der Waals surface area contributed by atoms with Crippen molar-refractivity contribution in [3.63, 3.8) is 0 Å². The molecule has 0 aliphatic heterocycles. The molecule has 0 aromatic rings.